The number of aromatic nitrogens is 4. The summed E-state index contributed by atoms with van der Waals surface area (Å²) in [5, 5.41) is 12.2. The van der Waals surface area contributed by atoms with Crippen molar-refractivity contribution in [3.8, 4) is 5.69 Å². The summed E-state index contributed by atoms with van der Waals surface area (Å²) in [4.78, 5) is 4.89. The highest BCUT2D eigenvalue weighted by atomic mass is 15.5. The standard InChI is InChI=1S/C19H23N7/c20-17-7-4-8-18(13-17)26-19(21-22-23-26)15-25-11-9-24(10-12-25)14-16-5-2-1-3-6-16/h1-8,13H,9-12,14-15,20H2. The molecule has 3 aromatic rings. The highest BCUT2D eigenvalue weighted by molar-refractivity contribution is 5.47. The first-order valence-electron chi connectivity index (χ1n) is 8.90. The molecule has 26 heavy (non-hydrogen) atoms. The van der Waals surface area contributed by atoms with Gasteiger partial charge in [0.05, 0.1) is 12.2 Å². The van der Waals surface area contributed by atoms with Crippen molar-refractivity contribution in [1.29, 1.82) is 0 Å². The van der Waals surface area contributed by atoms with Crippen LogP contribution in [0.3, 0.4) is 0 Å². The van der Waals surface area contributed by atoms with Gasteiger partial charge in [-0.3, -0.25) is 9.80 Å². The zero-order chi connectivity index (χ0) is 17.8. The molecule has 4 rings (SSSR count). The van der Waals surface area contributed by atoms with E-state index in [-0.39, 0.29) is 0 Å². The molecule has 134 valence electrons. The number of hydrogen-bond donors (Lipinski definition) is 1. The summed E-state index contributed by atoms with van der Waals surface area (Å²) in [6, 6.07) is 18.3. The van der Waals surface area contributed by atoms with Gasteiger partial charge in [-0.1, -0.05) is 36.4 Å². The Morgan fingerprint density at radius 1 is 0.846 bits per heavy atom. The van der Waals surface area contributed by atoms with E-state index in [1.165, 1.54) is 5.56 Å². The lowest BCUT2D eigenvalue weighted by atomic mass is 10.2. The fourth-order valence-electron chi connectivity index (χ4n) is 3.31. The van der Waals surface area contributed by atoms with E-state index in [0.717, 1.165) is 50.8 Å². The lowest BCUT2D eigenvalue weighted by molar-refractivity contribution is 0.119. The van der Waals surface area contributed by atoms with Gasteiger partial charge >= 0.3 is 0 Å². The second-order valence-electron chi connectivity index (χ2n) is 6.64. The van der Waals surface area contributed by atoms with Gasteiger partial charge in [0.15, 0.2) is 5.82 Å². The van der Waals surface area contributed by atoms with Gasteiger partial charge in [-0.05, 0) is 34.2 Å². The number of tetrazole rings is 1. The summed E-state index contributed by atoms with van der Waals surface area (Å²) in [5.74, 6) is 0.840. The van der Waals surface area contributed by atoms with Crippen LogP contribution in [0, 0.1) is 0 Å². The first-order valence-corrected chi connectivity index (χ1v) is 8.90. The molecule has 0 amide bonds. The Hall–Kier alpha value is -2.77. The summed E-state index contributed by atoms with van der Waals surface area (Å²) >= 11 is 0. The predicted octanol–water partition coefficient (Wildman–Crippen LogP) is 1.56. The molecular weight excluding hydrogens is 326 g/mol. The summed E-state index contributed by atoms with van der Waals surface area (Å²) in [6.45, 7) is 5.87. The zero-order valence-corrected chi connectivity index (χ0v) is 14.7. The van der Waals surface area contributed by atoms with Gasteiger partial charge in [0.25, 0.3) is 0 Å². The Labute approximate surface area is 153 Å². The Morgan fingerprint density at radius 3 is 2.31 bits per heavy atom. The first kappa shape index (κ1) is 16.7. The molecule has 0 unspecified atom stereocenters. The Bertz CT molecular complexity index is 838. The quantitative estimate of drug-likeness (QED) is 0.705. The number of nitrogens with two attached hydrogens (primary N) is 1. The van der Waals surface area contributed by atoms with Crippen LogP contribution in [0.15, 0.2) is 54.6 Å². The molecule has 2 N–H and O–H groups in total. The van der Waals surface area contributed by atoms with Crippen LogP contribution in [0.1, 0.15) is 11.4 Å². The van der Waals surface area contributed by atoms with E-state index < -0.39 is 0 Å². The van der Waals surface area contributed by atoms with Gasteiger partial charge in [0.2, 0.25) is 0 Å². The zero-order valence-electron chi connectivity index (χ0n) is 14.7. The monoisotopic (exact) mass is 349 g/mol. The van der Waals surface area contributed by atoms with E-state index in [9.17, 15) is 0 Å². The average molecular weight is 349 g/mol. The molecule has 1 fully saturated rings. The molecule has 0 bridgehead atoms. The smallest absolute Gasteiger partial charge is 0.170 e. The summed E-state index contributed by atoms with van der Waals surface area (Å²) < 4.78 is 1.77. The Kier molecular flexibility index (Phi) is 4.90. The van der Waals surface area contributed by atoms with Crippen molar-refractivity contribution >= 4 is 5.69 Å². The van der Waals surface area contributed by atoms with Crippen molar-refractivity contribution in [1.82, 2.24) is 30.0 Å². The number of rotatable bonds is 5. The van der Waals surface area contributed by atoms with E-state index >= 15 is 0 Å². The largest absolute Gasteiger partial charge is 0.399 e. The third-order valence-corrected chi connectivity index (χ3v) is 4.73. The van der Waals surface area contributed by atoms with Crippen molar-refractivity contribution in [2.45, 2.75) is 13.1 Å². The third-order valence-electron chi connectivity index (χ3n) is 4.73. The number of anilines is 1. The number of hydrogen-bond acceptors (Lipinski definition) is 6. The first-order chi connectivity index (χ1) is 12.8. The van der Waals surface area contributed by atoms with Crippen LogP contribution in [0.2, 0.25) is 0 Å². The van der Waals surface area contributed by atoms with Crippen LogP contribution < -0.4 is 5.73 Å². The second kappa shape index (κ2) is 7.63. The second-order valence-corrected chi connectivity index (χ2v) is 6.64. The van der Waals surface area contributed by atoms with Gasteiger partial charge in [0, 0.05) is 38.4 Å². The number of nitrogens with zero attached hydrogens (tertiary/aromatic N) is 6. The minimum absolute atomic E-state index is 0.707. The van der Waals surface area contributed by atoms with Crippen LogP contribution in [-0.2, 0) is 13.1 Å². The summed E-state index contributed by atoms with van der Waals surface area (Å²) in [7, 11) is 0. The fraction of sp³-hybridized carbons (Fsp3) is 0.316. The lowest BCUT2D eigenvalue weighted by Gasteiger charge is -2.34. The van der Waals surface area contributed by atoms with E-state index in [1.807, 2.05) is 24.3 Å². The van der Waals surface area contributed by atoms with Gasteiger partial charge in [-0.15, -0.1) is 5.10 Å². The SMILES string of the molecule is Nc1cccc(-n2nnnc2CN2CCN(Cc3ccccc3)CC2)c1. The maximum absolute atomic E-state index is 5.88. The van der Waals surface area contributed by atoms with Gasteiger partial charge in [0.1, 0.15) is 0 Å². The molecule has 1 aliphatic rings. The van der Waals surface area contributed by atoms with Crippen LogP contribution in [-0.4, -0.2) is 56.2 Å². The number of nitrogen functional groups attached to an aromatic ring is 1. The molecular formula is C19H23N7. The van der Waals surface area contributed by atoms with E-state index in [4.69, 9.17) is 5.73 Å². The normalized spacial score (nSPS) is 16.0. The van der Waals surface area contributed by atoms with Crippen LogP contribution >= 0.6 is 0 Å². The minimum Gasteiger partial charge on any atom is -0.399 e. The highest BCUT2D eigenvalue weighted by Gasteiger charge is 2.19. The highest BCUT2D eigenvalue weighted by Crippen LogP contribution is 2.14. The molecule has 2 heterocycles. The van der Waals surface area contributed by atoms with Crippen LogP contribution in [0.5, 0.6) is 0 Å². The molecule has 7 heteroatoms. The van der Waals surface area contributed by atoms with E-state index in [2.05, 4.69) is 55.7 Å². The predicted molar refractivity (Wildman–Crippen MR) is 101 cm³/mol. The minimum atomic E-state index is 0.707. The van der Waals surface area contributed by atoms with E-state index in [1.54, 1.807) is 4.68 Å². The average Bonchev–Trinajstić information content (AvgIpc) is 3.12. The number of piperazine rings is 1. The molecule has 0 spiro atoms. The van der Waals surface area contributed by atoms with Gasteiger partial charge in [-0.25, -0.2) is 0 Å². The number of benzene rings is 2. The maximum Gasteiger partial charge on any atom is 0.170 e. The van der Waals surface area contributed by atoms with Crippen molar-refractivity contribution in [2.75, 3.05) is 31.9 Å². The van der Waals surface area contributed by atoms with Gasteiger partial charge < -0.3 is 5.73 Å². The summed E-state index contributed by atoms with van der Waals surface area (Å²) in [5.41, 5.74) is 8.85. The Morgan fingerprint density at radius 2 is 1.58 bits per heavy atom. The van der Waals surface area contributed by atoms with Crippen LogP contribution in [0.4, 0.5) is 5.69 Å². The molecule has 0 saturated carbocycles. The molecule has 0 aliphatic carbocycles. The molecule has 7 nitrogen and oxygen atoms in total. The molecule has 1 aliphatic heterocycles. The van der Waals surface area contributed by atoms with E-state index in [0.29, 0.717) is 5.69 Å². The Balaban J connectivity index is 1.36. The van der Waals surface area contributed by atoms with Crippen molar-refractivity contribution in [2.24, 2.45) is 0 Å². The molecule has 0 atom stereocenters. The topological polar surface area (TPSA) is 76.1 Å². The van der Waals surface area contributed by atoms with Crippen LogP contribution in [0.25, 0.3) is 5.69 Å². The lowest BCUT2D eigenvalue weighted by Crippen LogP contribution is -2.45. The van der Waals surface area contributed by atoms with Crippen molar-refractivity contribution in [3.05, 3.63) is 66.0 Å². The van der Waals surface area contributed by atoms with Crippen molar-refractivity contribution in [3.63, 3.8) is 0 Å². The fourth-order valence-corrected chi connectivity index (χ4v) is 3.31. The molecule has 1 saturated heterocycles. The van der Waals surface area contributed by atoms with Crippen molar-refractivity contribution < 1.29 is 0 Å². The summed E-state index contributed by atoms with van der Waals surface area (Å²) in [6.07, 6.45) is 0. The molecule has 0 radical (unpaired) electrons. The molecule has 2 aromatic carbocycles. The molecule has 1 aromatic heterocycles. The third kappa shape index (κ3) is 3.89. The van der Waals surface area contributed by atoms with Gasteiger partial charge in [-0.2, -0.15) is 4.68 Å². The maximum atomic E-state index is 5.88.